The Bertz CT molecular complexity index is 489. The molecule has 1 saturated carbocycles. The average Bonchev–Trinajstić information content (AvgIpc) is 2.82. The van der Waals surface area contributed by atoms with Gasteiger partial charge in [0.15, 0.2) is 5.11 Å². The molecule has 0 saturated heterocycles. The van der Waals surface area contributed by atoms with Gasteiger partial charge in [0.05, 0.1) is 10.6 Å². The molecule has 1 aromatic rings. The average molecular weight is 280 g/mol. The number of rotatable bonds is 2. The predicted octanol–water partition coefficient (Wildman–Crippen LogP) is 3.44. The number of anilines is 1. The van der Waals surface area contributed by atoms with Gasteiger partial charge in [0, 0.05) is 11.7 Å². The molecule has 0 aromatic heterocycles. The summed E-state index contributed by atoms with van der Waals surface area (Å²) in [5, 5.41) is 16.2. The van der Waals surface area contributed by atoms with Crippen molar-refractivity contribution in [2.75, 3.05) is 5.32 Å². The SMILES string of the molecule is N#Cc1ccc(NC(=S)NC2CCCC2)cc1Cl. The van der Waals surface area contributed by atoms with Gasteiger partial charge in [-0.15, -0.1) is 0 Å². The highest BCUT2D eigenvalue weighted by atomic mass is 35.5. The Morgan fingerprint density at radius 2 is 2.11 bits per heavy atom. The standard InChI is InChI=1S/C13H14ClN3S/c14-12-7-11(6-5-9(12)8-15)17-13(18)16-10-3-1-2-4-10/h5-7,10H,1-4H2,(H2,16,17,18). The van der Waals surface area contributed by atoms with Crippen molar-refractivity contribution in [2.24, 2.45) is 0 Å². The van der Waals surface area contributed by atoms with E-state index in [-0.39, 0.29) is 0 Å². The summed E-state index contributed by atoms with van der Waals surface area (Å²) in [6, 6.07) is 7.70. The molecule has 1 aliphatic carbocycles. The Balaban J connectivity index is 1.94. The third kappa shape index (κ3) is 3.34. The highest BCUT2D eigenvalue weighted by Gasteiger charge is 2.15. The number of thiocarbonyl (C=S) groups is 1. The van der Waals surface area contributed by atoms with Crippen molar-refractivity contribution < 1.29 is 0 Å². The van der Waals surface area contributed by atoms with E-state index in [4.69, 9.17) is 29.1 Å². The molecule has 0 spiro atoms. The van der Waals surface area contributed by atoms with Crippen molar-refractivity contribution in [2.45, 2.75) is 31.7 Å². The van der Waals surface area contributed by atoms with Gasteiger partial charge < -0.3 is 10.6 Å². The molecular weight excluding hydrogens is 266 g/mol. The molecule has 0 unspecified atom stereocenters. The topological polar surface area (TPSA) is 47.9 Å². The predicted molar refractivity (Wildman–Crippen MR) is 77.8 cm³/mol. The second-order valence-corrected chi connectivity index (χ2v) is 5.20. The van der Waals surface area contributed by atoms with Gasteiger partial charge in [-0.2, -0.15) is 5.26 Å². The first kappa shape index (κ1) is 13.1. The van der Waals surface area contributed by atoms with E-state index in [1.165, 1.54) is 25.7 Å². The van der Waals surface area contributed by atoms with Crippen LogP contribution in [0.5, 0.6) is 0 Å². The van der Waals surface area contributed by atoms with E-state index in [1.807, 2.05) is 6.07 Å². The van der Waals surface area contributed by atoms with Crippen molar-refractivity contribution in [3.63, 3.8) is 0 Å². The largest absolute Gasteiger partial charge is 0.360 e. The number of nitrogens with one attached hydrogen (secondary N) is 2. The van der Waals surface area contributed by atoms with Crippen LogP contribution in [0, 0.1) is 11.3 Å². The summed E-state index contributed by atoms with van der Waals surface area (Å²) in [5.41, 5.74) is 1.27. The number of benzene rings is 1. The van der Waals surface area contributed by atoms with Crippen molar-refractivity contribution in [3.05, 3.63) is 28.8 Å². The molecule has 3 nitrogen and oxygen atoms in total. The van der Waals surface area contributed by atoms with E-state index >= 15 is 0 Å². The van der Waals surface area contributed by atoms with E-state index in [0.29, 0.717) is 21.7 Å². The highest BCUT2D eigenvalue weighted by Crippen LogP contribution is 2.21. The van der Waals surface area contributed by atoms with Crippen LogP contribution in [0.1, 0.15) is 31.2 Å². The van der Waals surface area contributed by atoms with Crippen molar-refractivity contribution in [1.82, 2.24) is 5.32 Å². The van der Waals surface area contributed by atoms with Crippen LogP contribution in [0.15, 0.2) is 18.2 Å². The molecule has 2 N–H and O–H groups in total. The number of hydrogen-bond donors (Lipinski definition) is 2. The van der Waals surface area contributed by atoms with Crippen LogP contribution >= 0.6 is 23.8 Å². The minimum atomic E-state index is 0.436. The molecule has 0 atom stereocenters. The molecule has 0 bridgehead atoms. The molecular formula is C13H14ClN3S. The quantitative estimate of drug-likeness (QED) is 0.814. The van der Waals surface area contributed by atoms with Gasteiger partial charge in [-0.3, -0.25) is 0 Å². The molecule has 18 heavy (non-hydrogen) atoms. The van der Waals surface area contributed by atoms with Crippen LogP contribution in [0.4, 0.5) is 5.69 Å². The van der Waals surface area contributed by atoms with Crippen molar-refractivity contribution in [3.8, 4) is 6.07 Å². The zero-order valence-corrected chi connectivity index (χ0v) is 11.4. The number of halogens is 1. The highest BCUT2D eigenvalue weighted by molar-refractivity contribution is 7.80. The third-order valence-corrected chi connectivity index (χ3v) is 3.57. The van der Waals surface area contributed by atoms with Crippen LogP contribution in [-0.4, -0.2) is 11.2 Å². The minimum Gasteiger partial charge on any atom is -0.360 e. The van der Waals surface area contributed by atoms with Gasteiger partial charge in [-0.05, 0) is 43.3 Å². The van der Waals surface area contributed by atoms with Gasteiger partial charge in [-0.25, -0.2) is 0 Å². The normalized spacial score (nSPS) is 15.1. The van der Waals surface area contributed by atoms with E-state index < -0.39 is 0 Å². The molecule has 1 aliphatic rings. The smallest absolute Gasteiger partial charge is 0.170 e. The number of hydrogen-bond acceptors (Lipinski definition) is 2. The summed E-state index contributed by atoms with van der Waals surface area (Å²) in [6.07, 6.45) is 4.89. The molecule has 1 fully saturated rings. The molecule has 0 radical (unpaired) electrons. The van der Waals surface area contributed by atoms with E-state index in [9.17, 15) is 0 Å². The maximum absolute atomic E-state index is 8.79. The van der Waals surface area contributed by atoms with Crippen LogP contribution in [-0.2, 0) is 0 Å². The van der Waals surface area contributed by atoms with Crippen LogP contribution in [0.3, 0.4) is 0 Å². The molecule has 0 amide bonds. The summed E-state index contributed by atoms with van der Waals surface area (Å²) < 4.78 is 0. The first-order chi connectivity index (χ1) is 8.69. The fraction of sp³-hybridized carbons (Fsp3) is 0.385. The molecule has 5 heteroatoms. The Kier molecular flexibility index (Phi) is 4.40. The summed E-state index contributed by atoms with van der Waals surface area (Å²) in [5.74, 6) is 0. The van der Waals surface area contributed by atoms with Crippen LogP contribution < -0.4 is 10.6 Å². The van der Waals surface area contributed by atoms with Crippen molar-refractivity contribution >= 4 is 34.6 Å². The Morgan fingerprint density at radius 3 is 2.72 bits per heavy atom. The molecule has 0 aliphatic heterocycles. The van der Waals surface area contributed by atoms with Gasteiger partial charge >= 0.3 is 0 Å². The second-order valence-electron chi connectivity index (χ2n) is 4.39. The fourth-order valence-electron chi connectivity index (χ4n) is 2.11. The number of nitriles is 1. The molecule has 2 rings (SSSR count). The van der Waals surface area contributed by atoms with E-state index in [2.05, 4.69) is 10.6 Å². The van der Waals surface area contributed by atoms with Gasteiger partial charge in [-0.1, -0.05) is 24.4 Å². The number of nitrogens with zero attached hydrogens (tertiary/aromatic N) is 1. The lowest BCUT2D eigenvalue weighted by molar-refractivity contribution is 0.634. The van der Waals surface area contributed by atoms with Crippen LogP contribution in [0.2, 0.25) is 5.02 Å². The van der Waals surface area contributed by atoms with E-state index in [1.54, 1.807) is 18.2 Å². The Morgan fingerprint density at radius 1 is 1.39 bits per heavy atom. The Hall–Kier alpha value is -1.31. The zero-order valence-electron chi connectivity index (χ0n) is 9.87. The summed E-state index contributed by atoms with van der Waals surface area (Å²) in [4.78, 5) is 0. The fourth-order valence-corrected chi connectivity index (χ4v) is 2.61. The zero-order chi connectivity index (χ0) is 13.0. The third-order valence-electron chi connectivity index (χ3n) is 3.04. The van der Waals surface area contributed by atoms with Crippen molar-refractivity contribution in [1.29, 1.82) is 5.26 Å². The lowest BCUT2D eigenvalue weighted by Gasteiger charge is -2.15. The van der Waals surface area contributed by atoms with Gasteiger partial charge in [0.25, 0.3) is 0 Å². The Labute approximate surface area is 117 Å². The lowest BCUT2D eigenvalue weighted by atomic mass is 10.2. The maximum atomic E-state index is 8.79. The lowest BCUT2D eigenvalue weighted by Crippen LogP contribution is -2.35. The molecule has 1 aromatic carbocycles. The first-order valence-electron chi connectivity index (χ1n) is 5.96. The minimum absolute atomic E-state index is 0.436. The molecule has 0 heterocycles. The van der Waals surface area contributed by atoms with Crippen LogP contribution in [0.25, 0.3) is 0 Å². The first-order valence-corrected chi connectivity index (χ1v) is 6.75. The summed E-state index contributed by atoms with van der Waals surface area (Å²) in [7, 11) is 0. The second kappa shape index (κ2) is 6.03. The summed E-state index contributed by atoms with van der Waals surface area (Å²) in [6.45, 7) is 0. The maximum Gasteiger partial charge on any atom is 0.170 e. The van der Waals surface area contributed by atoms with E-state index in [0.717, 1.165) is 5.69 Å². The van der Waals surface area contributed by atoms with Gasteiger partial charge in [0.1, 0.15) is 6.07 Å². The van der Waals surface area contributed by atoms with Gasteiger partial charge in [0.2, 0.25) is 0 Å². The molecule has 94 valence electrons. The monoisotopic (exact) mass is 279 g/mol. The summed E-state index contributed by atoms with van der Waals surface area (Å²) >= 11 is 11.2.